The molecule has 0 aromatic heterocycles. The molecule has 0 saturated carbocycles. The summed E-state index contributed by atoms with van der Waals surface area (Å²) in [6.07, 6.45) is 1.33. The van der Waals surface area contributed by atoms with Crippen molar-refractivity contribution in [3.63, 3.8) is 0 Å². The maximum atomic E-state index is 11.6. The average Bonchev–Trinajstić information content (AvgIpc) is 2.75. The van der Waals surface area contributed by atoms with Gasteiger partial charge in [-0.1, -0.05) is 27.5 Å². The lowest BCUT2D eigenvalue weighted by Gasteiger charge is -2.18. The van der Waals surface area contributed by atoms with Crippen LogP contribution >= 0.6 is 27.5 Å². The third kappa shape index (κ3) is 3.40. The van der Waals surface area contributed by atoms with Crippen LogP contribution < -0.4 is 9.62 Å². The molecular weight excluding hydrogens is 356 g/mol. The molecule has 0 spiro atoms. The number of amides is 1. The average molecular weight is 368 g/mol. The van der Waals surface area contributed by atoms with E-state index in [9.17, 15) is 13.2 Å². The zero-order chi connectivity index (χ0) is 14.0. The van der Waals surface area contributed by atoms with E-state index in [-0.39, 0.29) is 10.6 Å². The first-order chi connectivity index (χ1) is 8.93. The van der Waals surface area contributed by atoms with Crippen molar-refractivity contribution in [2.45, 2.75) is 12.8 Å². The lowest BCUT2D eigenvalue weighted by molar-refractivity contribution is -0.117. The third-order valence-corrected chi connectivity index (χ3v) is 5.67. The first-order valence-corrected chi connectivity index (χ1v) is 8.74. The quantitative estimate of drug-likeness (QED) is 0.832. The number of benzene rings is 1. The summed E-state index contributed by atoms with van der Waals surface area (Å²) in [5.41, 5.74) is 0.991. The van der Waals surface area contributed by atoms with E-state index in [1.54, 1.807) is 17.0 Å². The van der Waals surface area contributed by atoms with Gasteiger partial charge in [-0.25, -0.2) is 8.42 Å². The van der Waals surface area contributed by atoms with Gasteiger partial charge < -0.3 is 4.90 Å². The van der Waals surface area contributed by atoms with Gasteiger partial charge in [-0.15, -0.1) is 0 Å². The van der Waals surface area contributed by atoms with Crippen molar-refractivity contribution in [2.24, 2.45) is 0 Å². The number of hydrogen-bond acceptors (Lipinski definition) is 3. The number of rotatable bonds is 4. The number of sulfonamides is 1. The van der Waals surface area contributed by atoms with Gasteiger partial charge in [0.05, 0.1) is 16.4 Å². The number of carbonyl (C=O) groups is 1. The Balaban J connectivity index is 2.25. The van der Waals surface area contributed by atoms with Gasteiger partial charge in [-0.3, -0.25) is 9.52 Å². The Hall–Kier alpha value is -0.790. The van der Waals surface area contributed by atoms with Crippen molar-refractivity contribution >= 4 is 54.8 Å². The first kappa shape index (κ1) is 14.6. The van der Waals surface area contributed by atoms with Crippen molar-refractivity contribution in [3.8, 4) is 0 Å². The van der Waals surface area contributed by atoms with E-state index in [1.807, 2.05) is 0 Å². The van der Waals surface area contributed by atoms with Gasteiger partial charge in [0, 0.05) is 13.0 Å². The summed E-state index contributed by atoms with van der Waals surface area (Å²) < 4.78 is 25.0. The van der Waals surface area contributed by atoms with Crippen LogP contribution in [0, 0.1) is 0 Å². The Morgan fingerprint density at radius 3 is 2.68 bits per heavy atom. The summed E-state index contributed by atoms with van der Waals surface area (Å²) in [4.78, 5) is 13.3. The molecule has 0 bridgehead atoms. The number of nitrogens with zero attached hydrogens (tertiary/aromatic N) is 1. The van der Waals surface area contributed by atoms with Crippen molar-refractivity contribution in [3.05, 3.63) is 23.2 Å². The summed E-state index contributed by atoms with van der Waals surface area (Å²) >= 11 is 8.99. The maximum Gasteiger partial charge on any atom is 0.242 e. The van der Waals surface area contributed by atoms with Crippen LogP contribution in [0.15, 0.2) is 18.2 Å². The van der Waals surface area contributed by atoms with Crippen LogP contribution in [0.25, 0.3) is 0 Å². The second kappa shape index (κ2) is 5.68. The number of halogens is 2. The van der Waals surface area contributed by atoms with Crippen LogP contribution in [0.5, 0.6) is 0 Å². The lowest BCUT2D eigenvalue weighted by Crippen LogP contribution is -2.24. The van der Waals surface area contributed by atoms with E-state index in [1.165, 1.54) is 6.07 Å². The molecule has 0 atom stereocenters. The predicted octanol–water partition coefficient (Wildman–Crippen LogP) is 2.56. The fraction of sp³-hybridized carbons (Fsp3) is 0.364. The molecule has 104 valence electrons. The van der Waals surface area contributed by atoms with Crippen LogP contribution in [0.1, 0.15) is 12.8 Å². The molecule has 8 heteroatoms. The van der Waals surface area contributed by atoms with Crippen molar-refractivity contribution < 1.29 is 13.2 Å². The van der Waals surface area contributed by atoms with E-state index in [0.29, 0.717) is 29.4 Å². The fourth-order valence-corrected chi connectivity index (χ4v) is 3.07. The van der Waals surface area contributed by atoms with E-state index in [2.05, 4.69) is 20.7 Å². The number of anilines is 2. The minimum absolute atomic E-state index is 0.0377. The van der Waals surface area contributed by atoms with E-state index >= 15 is 0 Å². The summed E-state index contributed by atoms with van der Waals surface area (Å²) in [5.74, 6) is 0.0377. The standard InChI is InChI=1S/C11H12BrClN2O3S/c12-7-19(17,18)14-8-3-4-10(9(13)6-8)15-5-1-2-11(15)16/h3-4,6,14H,1-2,5,7H2. The summed E-state index contributed by atoms with van der Waals surface area (Å²) in [6, 6.07) is 4.74. The minimum Gasteiger partial charge on any atom is -0.311 e. The molecule has 19 heavy (non-hydrogen) atoms. The summed E-state index contributed by atoms with van der Waals surface area (Å²) in [6.45, 7) is 0.644. The highest BCUT2D eigenvalue weighted by atomic mass is 79.9. The minimum atomic E-state index is -3.40. The second-order valence-corrected chi connectivity index (χ2v) is 7.57. The molecule has 1 fully saturated rings. The zero-order valence-corrected chi connectivity index (χ0v) is 13.1. The molecule has 1 aliphatic rings. The van der Waals surface area contributed by atoms with Gasteiger partial charge in [0.15, 0.2) is 0 Å². The van der Waals surface area contributed by atoms with E-state index in [4.69, 9.17) is 11.6 Å². The Morgan fingerprint density at radius 1 is 1.42 bits per heavy atom. The van der Waals surface area contributed by atoms with Crippen LogP contribution in [0.3, 0.4) is 0 Å². The largest absolute Gasteiger partial charge is 0.311 e. The summed E-state index contributed by atoms with van der Waals surface area (Å²) in [5, 5.41) is 0.352. The third-order valence-electron chi connectivity index (χ3n) is 2.73. The molecule has 1 heterocycles. The Morgan fingerprint density at radius 2 is 2.16 bits per heavy atom. The normalized spacial score (nSPS) is 15.9. The molecule has 0 unspecified atom stereocenters. The topological polar surface area (TPSA) is 66.5 Å². The summed E-state index contributed by atoms with van der Waals surface area (Å²) in [7, 11) is -3.40. The monoisotopic (exact) mass is 366 g/mol. The maximum absolute atomic E-state index is 11.6. The first-order valence-electron chi connectivity index (χ1n) is 5.59. The van der Waals surface area contributed by atoms with Gasteiger partial charge in [-0.2, -0.15) is 0 Å². The number of alkyl halides is 1. The molecule has 0 radical (unpaired) electrons. The smallest absolute Gasteiger partial charge is 0.242 e. The second-order valence-electron chi connectivity index (χ2n) is 4.14. The molecule has 5 nitrogen and oxygen atoms in total. The van der Waals surface area contributed by atoms with Crippen LogP contribution in [0.2, 0.25) is 5.02 Å². The molecule has 0 aliphatic carbocycles. The number of carbonyl (C=O) groups excluding carboxylic acids is 1. The van der Waals surface area contributed by atoms with Crippen LogP contribution in [-0.4, -0.2) is 25.5 Å². The molecule has 1 aromatic rings. The van der Waals surface area contributed by atoms with Gasteiger partial charge >= 0.3 is 0 Å². The molecule has 1 N–H and O–H groups in total. The van der Waals surface area contributed by atoms with Gasteiger partial charge in [0.2, 0.25) is 15.9 Å². The van der Waals surface area contributed by atoms with Gasteiger partial charge in [-0.05, 0) is 24.6 Å². The Bertz CT molecular complexity index is 606. The van der Waals surface area contributed by atoms with Crippen molar-refractivity contribution in [1.29, 1.82) is 0 Å². The Labute approximate surface area is 125 Å². The van der Waals surface area contributed by atoms with Crippen molar-refractivity contribution in [2.75, 3.05) is 20.8 Å². The molecule has 2 rings (SSSR count). The Kier molecular flexibility index (Phi) is 4.37. The molecule has 1 amide bonds. The SMILES string of the molecule is O=C1CCCN1c1ccc(NS(=O)(=O)CBr)cc1Cl. The molecule has 1 saturated heterocycles. The molecule has 1 aliphatic heterocycles. The van der Waals surface area contributed by atoms with E-state index in [0.717, 1.165) is 6.42 Å². The van der Waals surface area contributed by atoms with E-state index < -0.39 is 10.0 Å². The van der Waals surface area contributed by atoms with Crippen LogP contribution in [-0.2, 0) is 14.8 Å². The highest BCUT2D eigenvalue weighted by Crippen LogP contribution is 2.31. The lowest BCUT2D eigenvalue weighted by atomic mass is 10.2. The predicted molar refractivity (Wildman–Crippen MR) is 79.4 cm³/mol. The molecule has 1 aromatic carbocycles. The zero-order valence-electron chi connectivity index (χ0n) is 9.90. The van der Waals surface area contributed by atoms with Crippen molar-refractivity contribution in [1.82, 2.24) is 0 Å². The fourth-order valence-electron chi connectivity index (χ4n) is 1.90. The number of hydrogen-bond donors (Lipinski definition) is 1. The highest BCUT2D eigenvalue weighted by molar-refractivity contribution is 9.10. The van der Waals surface area contributed by atoms with Crippen LogP contribution in [0.4, 0.5) is 11.4 Å². The number of nitrogens with one attached hydrogen (secondary N) is 1. The van der Waals surface area contributed by atoms with Gasteiger partial charge in [0.25, 0.3) is 0 Å². The highest BCUT2D eigenvalue weighted by Gasteiger charge is 2.23. The molecular formula is C11H12BrClN2O3S. The van der Waals surface area contributed by atoms with Gasteiger partial charge in [0.1, 0.15) is 4.66 Å².